The van der Waals surface area contributed by atoms with E-state index < -0.39 is 34.2 Å². The quantitative estimate of drug-likeness (QED) is 0.364. The van der Waals surface area contributed by atoms with Crippen LogP contribution in [0.25, 0.3) is 0 Å². The lowest BCUT2D eigenvalue weighted by Gasteiger charge is -2.36. The molecule has 2 amide bonds. The predicted molar refractivity (Wildman–Crippen MR) is 165 cm³/mol. The van der Waals surface area contributed by atoms with E-state index in [9.17, 15) is 18.0 Å². The Hall–Kier alpha value is -3.69. The lowest BCUT2D eigenvalue weighted by Crippen LogP contribution is -2.56. The van der Waals surface area contributed by atoms with Gasteiger partial charge in [-0.1, -0.05) is 72.8 Å². The lowest BCUT2D eigenvalue weighted by atomic mass is 10.0. The third-order valence-electron chi connectivity index (χ3n) is 6.62. The van der Waals surface area contributed by atoms with E-state index in [4.69, 9.17) is 0 Å². The van der Waals surface area contributed by atoms with Crippen LogP contribution in [0.1, 0.15) is 43.0 Å². The molecule has 220 valence electrons. The second-order valence-corrected chi connectivity index (χ2v) is 13.6. The number of hydrogen-bond acceptors (Lipinski definition) is 4. The number of carbonyl (C=O) groups excluding carboxylic acids is 2. The first-order chi connectivity index (χ1) is 19.2. The molecular weight excluding hydrogens is 536 g/mol. The number of hydrogen-bond donors (Lipinski definition) is 1. The van der Waals surface area contributed by atoms with E-state index in [1.54, 1.807) is 6.07 Å². The second-order valence-electron chi connectivity index (χ2n) is 11.5. The Labute approximate surface area is 245 Å². The molecule has 0 saturated carbocycles. The fourth-order valence-electron chi connectivity index (χ4n) is 4.48. The number of nitrogens with one attached hydrogen (secondary N) is 1. The first-order valence-corrected chi connectivity index (χ1v) is 15.1. The van der Waals surface area contributed by atoms with Crippen molar-refractivity contribution >= 4 is 27.7 Å². The van der Waals surface area contributed by atoms with E-state index >= 15 is 0 Å². The minimum atomic E-state index is -4.05. The maximum absolute atomic E-state index is 14.3. The van der Waals surface area contributed by atoms with Gasteiger partial charge in [0.25, 0.3) is 0 Å². The average molecular weight is 579 g/mol. The molecule has 0 saturated heterocycles. The molecule has 0 spiro atoms. The molecule has 3 aromatic rings. The minimum Gasteiger partial charge on any atom is -0.350 e. The van der Waals surface area contributed by atoms with E-state index in [1.165, 1.54) is 19.0 Å². The van der Waals surface area contributed by atoms with Gasteiger partial charge in [0.05, 0.1) is 5.69 Å². The number of benzene rings is 3. The molecule has 1 atom stereocenters. The van der Waals surface area contributed by atoms with Gasteiger partial charge in [0, 0.05) is 32.6 Å². The molecule has 0 unspecified atom stereocenters. The predicted octanol–water partition coefficient (Wildman–Crippen LogP) is 4.47. The fourth-order valence-corrected chi connectivity index (χ4v) is 5.59. The molecule has 9 heteroatoms. The van der Waals surface area contributed by atoms with Crippen LogP contribution in [-0.4, -0.2) is 61.7 Å². The largest absolute Gasteiger partial charge is 0.350 e. The van der Waals surface area contributed by atoms with Crippen LogP contribution in [0.5, 0.6) is 0 Å². The van der Waals surface area contributed by atoms with Gasteiger partial charge >= 0.3 is 10.2 Å². The lowest BCUT2D eigenvalue weighted by molar-refractivity contribution is -0.140. The summed E-state index contributed by atoms with van der Waals surface area (Å²) >= 11 is 0. The van der Waals surface area contributed by atoms with Crippen LogP contribution >= 0.6 is 0 Å². The summed E-state index contributed by atoms with van der Waals surface area (Å²) in [7, 11) is -1.17. The van der Waals surface area contributed by atoms with E-state index in [0.717, 1.165) is 30.9 Å². The van der Waals surface area contributed by atoms with Crippen molar-refractivity contribution in [1.29, 1.82) is 0 Å². The van der Waals surface area contributed by atoms with Crippen molar-refractivity contribution in [3.8, 4) is 0 Å². The Kier molecular flexibility index (Phi) is 10.3. The molecular formula is C32H42N4O4S. The van der Waals surface area contributed by atoms with Crippen molar-refractivity contribution in [1.82, 2.24) is 14.5 Å². The van der Waals surface area contributed by atoms with Crippen molar-refractivity contribution in [2.45, 2.75) is 59.2 Å². The molecule has 8 nitrogen and oxygen atoms in total. The van der Waals surface area contributed by atoms with Crippen LogP contribution in [0.4, 0.5) is 5.69 Å². The normalized spacial score (nSPS) is 12.6. The highest BCUT2D eigenvalue weighted by Gasteiger charge is 2.36. The standard InChI is InChI=1S/C32H42N4O4S/c1-24-18-19-25(2)28(20-24)36(41(39,40)34(6)7)23-30(37)35(22-27-16-12-9-13-17-27)29(31(38)33-32(3,4)5)21-26-14-10-8-11-15-26/h8-20,29H,21-23H2,1-7H3,(H,33,38)/t29-/m0/s1. The Morgan fingerprint density at radius 1 is 0.854 bits per heavy atom. The van der Waals surface area contributed by atoms with Crippen LogP contribution in [-0.2, 0) is 32.8 Å². The van der Waals surface area contributed by atoms with Crippen LogP contribution in [0.15, 0.2) is 78.9 Å². The molecule has 0 radical (unpaired) electrons. The maximum atomic E-state index is 14.3. The Morgan fingerprint density at radius 2 is 1.41 bits per heavy atom. The highest BCUT2D eigenvalue weighted by molar-refractivity contribution is 7.90. The molecule has 0 heterocycles. The number of aryl methyl sites for hydroxylation is 2. The number of nitrogens with zero attached hydrogens (tertiary/aromatic N) is 3. The summed E-state index contributed by atoms with van der Waals surface area (Å²) in [5.74, 6) is -0.787. The van der Waals surface area contributed by atoms with Gasteiger partial charge in [0.2, 0.25) is 11.8 Å². The summed E-state index contributed by atoms with van der Waals surface area (Å²) in [5, 5.41) is 3.04. The number of rotatable bonds is 11. The van der Waals surface area contributed by atoms with Gasteiger partial charge in [-0.05, 0) is 62.9 Å². The number of amides is 2. The van der Waals surface area contributed by atoms with Crippen LogP contribution in [0.2, 0.25) is 0 Å². The molecule has 3 aromatic carbocycles. The molecule has 0 fully saturated rings. The molecule has 3 rings (SSSR count). The Balaban J connectivity index is 2.13. The van der Waals surface area contributed by atoms with Crippen molar-refractivity contribution in [3.63, 3.8) is 0 Å². The van der Waals surface area contributed by atoms with Crippen molar-refractivity contribution in [3.05, 3.63) is 101 Å². The van der Waals surface area contributed by atoms with Crippen LogP contribution in [0.3, 0.4) is 0 Å². The van der Waals surface area contributed by atoms with Gasteiger partial charge < -0.3 is 10.2 Å². The fraction of sp³-hybridized carbons (Fsp3) is 0.375. The molecule has 1 N–H and O–H groups in total. The van der Waals surface area contributed by atoms with Gasteiger partial charge in [0.1, 0.15) is 12.6 Å². The molecule has 0 bridgehead atoms. The molecule has 0 aliphatic rings. The zero-order valence-corrected chi connectivity index (χ0v) is 25.9. The summed E-state index contributed by atoms with van der Waals surface area (Å²) < 4.78 is 29.4. The number of anilines is 1. The summed E-state index contributed by atoms with van der Waals surface area (Å²) in [4.78, 5) is 29.6. The molecule has 0 aliphatic heterocycles. The SMILES string of the molecule is Cc1ccc(C)c(N(CC(=O)N(Cc2ccccc2)[C@@H](Cc2ccccc2)C(=O)NC(C)(C)C)S(=O)(=O)N(C)C)c1. The zero-order chi connectivity index (χ0) is 30.4. The van der Waals surface area contributed by atoms with E-state index in [2.05, 4.69) is 5.32 Å². The van der Waals surface area contributed by atoms with E-state index in [0.29, 0.717) is 5.69 Å². The Morgan fingerprint density at radius 3 is 1.95 bits per heavy atom. The van der Waals surface area contributed by atoms with Crippen molar-refractivity contribution in [2.75, 3.05) is 24.9 Å². The first kappa shape index (κ1) is 31.8. The first-order valence-electron chi connectivity index (χ1n) is 13.7. The van der Waals surface area contributed by atoms with Crippen molar-refractivity contribution < 1.29 is 18.0 Å². The molecule has 0 aliphatic carbocycles. The highest BCUT2D eigenvalue weighted by atomic mass is 32.2. The van der Waals surface area contributed by atoms with Gasteiger partial charge in [-0.2, -0.15) is 12.7 Å². The Bertz CT molecular complexity index is 1440. The van der Waals surface area contributed by atoms with Gasteiger partial charge in [0.15, 0.2) is 0 Å². The summed E-state index contributed by atoms with van der Waals surface area (Å²) in [6.45, 7) is 9.02. The van der Waals surface area contributed by atoms with Crippen LogP contribution in [0, 0.1) is 13.8 Å². The maximum Gasteiger partial charge on any atom is 0.304 e. The number of carbonyl (C=O) groups is 2. The molecule has 41 heavy (non-hydrogen) atoms. The average Bonchev–Trinajstić information content (AvgIpc) is 2.90. The van der Waals surface area contributed by atoms with E-state index in [1.807, 2.05) is 107 Å². The van der Waals surface area contributed by atoms with Gasteiger partial charge in [-0.3, -0.25) is 9.59 Å². The highest BCUT2D eigenvalue weighted by Crippen LogP contribution is 2.26. The summed E-state index contributed by atoms with van der Waals surface area (Å²) in [5.41, 5.74) is 3.19. The zero-order valence-electron chi connectivity index (χ0n) is 25.1. The topological polar surface area (TPSA) is 90.0 Å². The van der Waals surface area contributed by atoms with Gasteiger partial charge in [-0.15, -0.1) is 0 Å². The minimum absolute atomic E-state index is 0.136. The monoisotopic (exact) mass is 578 g/mol. The second kappa shape index (κ2) is 13.3. The smallest absolute Gasteiger partial charge is 0.304 e. The van der Waals surface area contributed by atoms with Crippen LogP contribution < -0.4 is 9.62 Å². The molecule has 0 aromatic heterocycles. The summed E-state index contributed by atoms with van der Waals surface area (Å²) in [6, 6.07) is 23.5. The van der Waals surface area contributed by atoms with E-state index in [-0.39, 0.29) is 18.9 Å². The van der Waals surface area contributed by atoms with Gasteiger partial charge in [-0.25, -0.2) is 4.31 Å². The summed E-state index contributed by atoms with van der Waals surface area (Å²) in [6.07, 6.45) is 0.269. The third kappa shape index (κ3) is 8.65. The van der Waals surface area contributed by atoms with Crippen molar-refractivity contribution in [2.24, 2.45) is 0 Å². The third-order valence-corrected chi connectivity index (χ3v) is 8.42.